The lowest BCUT2D eigenvalue weighted by Gasteiger charge is -2.32. The molecule has 0 saturated carbocycles. The Labute approximate surface area is 367 Å². The number of anilines is 3. The molecule has 1 nitrogen and oxygen atoms in total. The number of hydrogen-bond donors (Lipinski definition) is 0. The number of para-hydroxylation sites is 2. The summed E-state index contributed by atoms with van der Waals surface area (Å²) in [5.41, 5.74) is 21.1. The second kappa shape index (κ2) is 16.9. The highest BCUT2D eigenvalue weighted by Crippen LogP contribution is 2.54. The topological polar surface area (TPSA) is 3.24 Å². The first-order chi connectivity index (χ1) is 30.6. The summed E-state index contributed by atoms with van der Waals surface area (Å²) in [5, 5.41) is 0. The molecule has 0 N–H and O–H groups in total. The van der Waals surface area contributed by atoms with Crippen molar-refractivity contribution in [2.45, 2.75) is 32.1 Å². The molecule has 0 unspecified atom stereocenters. The smallest absolute Gasteiger partial charge is 0.0465 e. The van der Waals surface area contributed by atoms with E-state index in [1.165, 1.54) is 83.6 Å². The number of rotatable bonds is 11. The summed E-state index contributed by atoms with van der Waals surface area (Å²) < 4.78 is 0. The largest absolute Gasteiger partial charge is 0.310 e. The summed E-state index contributed by atoms with van der Waals surface area (Å²) in [7, 11) is 0. The molecule has 0 aromatic heterocycles. The van der Waals surface area contributed by atoms with E-state index in [0.29, 0.717) is 0 Å². The average Bonchev–Trinajstić information content (AvgIpc) is 3.63. The van der Waals surface area contributed by atoms with Gasteiger partial charge in [0.2, 0.25) is 0 Å². The zero-order chi connectivity index (χ0) is 41.9. The second-order valence-electron chi connectivity index (χ2n) is 16.4. The summed E-state index contributed by atoms with van der Waals surface area (Å²) in [6, 6.07) is 81.8. The Bertz CT molecular complexity index is 2940. The maximum Gasteiger partial charge on any atom is 0.0465 e. The molecule has 0 spiro atoms. The van der Waals surface area contributed by atoms with Crippen molar-refractivity contribution < 1.29 is 0 Å². The van der Waals surface area contributed by atoms with Crippen LogP contribution in [0.4, 0.5) is 17.1 Å². The molecule has 0 amide bonds. The van der Waals surface area contributed by atoms with Gasteiger partial charge in [0.15, 0.2) is 0 Å². The summed E-state index contributed by atoms with van der Waals surface area (Å²) in [4.78, 5) is 2.38. The van der Waals surface area contributed by atoms with Gasteiger partial charge in [-0.25, -0.2) is 0 Å². The summed E-state index contributed by atoms with van der Waals surface area (Å²) in [6.45, 7) is 4.71. The van der Waals surface area contributed by atoms with E-state index in [1.807, 2.05) is 0 Å². The van der Waals surface area contributed by atoms with Crippen molar-refractivity contribution in [2.24, 2.45) is 0 Å². The Kier molecular flexibility index (Phi) is 10.5. The fraction of sp³-hybridized carbons (Fsp3) is 0.0820. The van der Waals surface area contributed by atoms with Crippen molar-refractivity contribution in [3.05, 3.63) is 247 Å². The first-order valence-electron chi connectivity index (χ1n) is 22.0. The highest BCUT2D eigenvalue weighted by molar-refractivity contribution is 5.90. The quantitative estimate of drug-likeness (QED) is 0.118. The van der Waals surface area contributed by atoms with E-state index in [0.717, 1.165) is 24.2 Å². The van der Waals surface area contributed by atoms with Crippen molar-refractivity contribution in [3.63, 3.8) is 0 Å². The molecular weight excluding hydrogens is 747 g/mol. The minimum Gasteiger partial charge on any atom is -0.310 e. The van der Waals surface area contributed by atoms with Crippen LogP contribution >= 0.6 is 0 Å². The molecule has 0 radical (unpaired) electrons. The molecule has 0 saturated heterocycles. The Balaban J connectivity index is 0.955. The molecular formula is C61H49N. The van der Waals surface area contributed by atoms with E-state index < -0.39 is 0 Å². The average molecular weight is 796 g/mol. The zero-order valence-corrected chi connectivity index (χ0v) is 35.4. The van der Waals surface area contributed by atoms with Gasteiger partial charge in [0, 0.05) is 22.5 Å². The third kappa shape index (κ3) is 7.27. The van der Waals surface area contributed by atoms with Gasteiger partial charge in [0.05, 0.1) is 0 Å². The van der Waals surface area contributed by atoms with Crippen LogP contribution in [-0.4, -0.2) is 0 Å². The van der Waals surface area contributed by atoms with Crippen LogP contribution in [0.5, 0.6) is 0 Å². The maximum absolute atomic E-state index is 2.46. The normalized spacial score (nSPS) is 12.5. The molecule has 0 bridgehead atoms. The maximum atomic E-state index is 2.46. The summed E-state index contributed by atoms with van der Waals surface area (Å²) in [6.07, 6.45) is 6.60. The van der Waals surface area contributed by atoms with Gasteiger partial charge in [-0.05, 0) is 133 Å². The summed E-state index contributed by atoms with van der Waals surface area (Å²) in [5.74, 6) is 0. The second-order valence-corrected chi connectivity index (χ2v) is 16.4. The number of benzene rings is 9. The van der Waals surface area contributed by atoms with Crippen molar-refractivity contribution >= 4 is 29.2 Å². The summed E-state index contributed by atoms with van der Waals surface area (Å²) >= 11 is 0. The molecule has 62 heavy (non-hydrogen) atoms. The van der Waals surface area contributed by atoms with Crippen LogP contribution in [0.2, 0.25) is 0 Å². The minimum absolute atomic E-state index is 0.0704. The van der Waals surface area contributed by atoms with Crippen molar-refractivity contribution in [2.75, 3.05) is 4.90 Å². The molecule has 1 aliphatic rings. The molecule has 10 rings (SSSR count). The monoisotopic (exact) mass is 795 g/mol. The highest BCUT2D eigenvalue weighted by Gasteiger charge is 2.41. The predicted octanol–water partition coefficient (Wildman–Crippen LogP) is 17.1. The molecule has 9 aromatic carbocycles. The van der Waals surface area contributed by atoms with Crippen LogP contribution in [0.1, 0.15) is 48.9 Å². The number of fused-ring (bicyclic) bond motifs is 3. The molecule has 1 aliphatic carbocycles. The number of hydrogen-bond acceptors (Lipinski definition) is 1. The van der Waals surface area contributed by atoms with Crippen LogP contribution in [0.25, 0.3) is 67.8 Å². The van der Waals surface area contributed by atoms with Gasteiger partial charge in [-0.15, -0.1) is 0 Å². The van der Waals surface area contributed by atoms with Gasteiger partial charge in [-0.3, -0.25) is 0 Å². The van der Waals surface area contributed by atoms with Gasteiger partial charge in [-0.1, -0.05) is 208 Å². The molecule has 0 aliphatic heterocycles. The highest BCUT2D eigenvalue weighted by atomic mass is 15.1. The van der Waals surface area contributed by atoms with Gasteiger partial charge < -0.3 is 4.90 Å². The van der Waals surface area contributed by atoms with Crippen molar-refractivity contribution in [3.8, 4) is 55.6 Å². The standard InChI is InChI=1S/C61H49N/c1-3-61(4-2)59-41-45(29-38-56(59)57-40-37-54(43-60(57)61)62(52-21-13-7-14-22-52)53-23-15-8-16-24-53)26-25-44-27-30-50(31-28-44)58-42-51(47-19-11-6-12-20-47)36-39-55(58)49-34-32-48(33-35-49)46-17-9-5-10-18-46/h5-43H,3-4H2,1-2H3/b26-25+. The predicted molar refractivity (Wildman–Crippen MR) is 265 cm³/mol. The Morgan fingerprint density at radius 3 is 1.34 bits per heavy atom. The fourth-order valence-electron chi connectivity index (χ4n) is 9.64. The van der Waals surface area contributed by atoms with Gasteiger partial charge >= 0.3 is 0 Å². The van der Waals surface area contributed by atoms with E-state index >= 15 is 0 Å². The molecule has 0 fully saturated rings. The first kappa shape index (κ1) is 38.7. The third-order valence-corrected chi connectivity index (χ3v) is 13.0. The van der Waals surface area contributed by atoms with Crippen molar-refractivity contribution in [1.29, 1.82) is 0 Å². The van der Waals surface area contributed by atoms with E-state index in [-0.39, 0.29) is 5.41 Å². The van der Waals surface area contributed by atoms with E-state index in [9.17, 15) is 0 Å². The first-order valence-corrected chi connectivity index (χ1v) is 22.0. The molecule has 298 valence electrons. The third-order valence-electron chi connectivity index (χ3n) is 13.0. The fourth-order valence-corrected chi connectivity index (χ4v) is 9.64. The van der Waals surface area contributed by atoms with Crippen LogP contribution in [0.3, 0.4) is 0 Å². The minimum atomic E-state index is -0.0704. The molecule has 1 heteroatoms. The van der Waals surface area contributed by atoms with Crippen LogP contribution in [0.15, 0.2) is 224 Å². The van der Waals surface area contributed by atoms with Crippen LogP contribution in [0, 0.1) is 0 Å². The van der Waals surface area contributed by atoms with Gasteiger partial charge in [-0.2, -0.15) is 0 Å². The molecule has 0 atom stereocenters. The van der Waals surface area contributed by atoms with Crippen LogP contribution < -0.4 is 4.90 Å². The Morgan fingerprint density at radius 2 is 0.742 bits per heavy atom. The van der Waals surface area contributed by atoms with Gasteiger partial charge in [0.25, 0.3) is 0 Å². The Hall–Kier alpha value is -7.48. The van der Waals surface area contributed by atoms with Crippen molar-refractivity contribution in [1.82, 2.24) is 0 Å². The number of nitrogens with zero attached hydrogens (tertiary/aromatic N) is 1. The van der Waals surface area contributed by atoms with Crippen LogP contribution in [-0.2, 0) is 5.41 Å². The SMILES string of the molecule is CCC1(CC)c2cc(/C=C/c3ccc(-c4cc(-c5ccccc5)ccc4-c4ccc(-c5ccccc5)cc4)cc3)ccc2-c2ccc(N(c3ccccc3)c3ccccc3)cc21. The van der Waals surface area contributed by atoms with E-state index in [4.69, 9.17) is 0 Å². The zero-order valence-electron chi connectivity index (χ0n) is 35.4. The van der Waals surface area contributed by atoms with E-state index in [1.54, 1.807) is 0 Å². The molecule has 9 aromatic rings. The van der Waals surface area contributed by atoms with Gasteiger partial charge in [0.1, 0.15) is 0 Å². The lowest BCUT2D eigenvalue weighted by Crippen LogP contribution is -2.23. The lowest BCUT2D eigenvalue weighted by molar-refractivity contribution is 0.490. The van der Waals surface area contributed by atoms with E-state index in [2.05, 4.69) is 255 Å². The molecule has 0 heterocycles. The Morgan fingerprint density at radius 1 is 0.323 bits per heavy atom. The lowest BCUT2D eigenvalue weighted by atomic mass is 9.73.